The second kappa shape index (κ2) is 9.54. The van der Waals surface area contributed by atoms with Gasteiger partial charge in [-0.05, 0) is 42.0 Å². The molecule has 10 heteroatoms. The maximum Gasteiger partial charge on any atom is 0.290 e. The minimum Gasteiger partial charge on any atom is -0.353 e. The number of amides is 3. The van der Waals surface area contributed by atoms with Crippen LogP contribution in [0.2, 0.25) is 0 Å². The van der Waals surface area contributed by atoms with E-state index in [0.29, 0.717) is 43.3 Å². The molecular weight excluding hydrogens is 457 g/mol. The van der Waals surface area contributed by atoms with Crippen LogP contribution in [0.25, 0.3) is 17.3 Å². The van der Waals surface area contributed by atoms with Crippen LogP contribution in [0.3, 0.4) is 0 Å². The van der Waals surface area contributed by atoms with Gasteiger partial charge in [0.05, 0.1) is 23.0 Å². The molecule has 2 aromatic rings. The molecule has 2 aliphatic heterocycles. The van der Waals surface area contributed by atoms with E-state index in [2.05, 4.69) is 20.2 Å². The smallest absolute Gasteiger partial charge is 0.290 e. The molecule has 2 saturated heterocycles. The third kappa shape index (κ3) is 5.27. The van der Waals surface area contributed by atoms with Crippen molar-refractivity contribution in [3.63, 3.8) is 0 Å². The van der Waals surface area contributed by atoms with Crippen LogP contribution in [-0.2, 0) is 9.59 Å². The zero-order valence-corrected chi connectivity index (χ0v) is 20.1. The van der Waals surface area contributed by atoms with Gasteiger partial charge in [-0.3, -0.25) is 24.7 Å². The summed E-state index contributed by atoms with van der Waals surface area (Å²) >= 11 is 0.806. The lowest BCUT2D eigenvalue weighted by Crippen LogP contribution is -2.41. The van der Waals surface area contributed by atoms with Crippen LogP contribution in [0.1, 0.15) is 32.8 Å². The predicted octanol–water partition coefficient (Wildman–Crippen LogP) is 3.69. The quantitative estimate of drug-likeness (QED) is 0.665. The summed E-state index contributed by atoms with van der Waals surface area (Å²) in [6, 6.07) is 4.42. The monoisotopic (exact) mass is 483 g/mol. The van der Waals surface area contributed by atoms with Crippen LogP contribution in [-0.4, -0.2) is 58.1 Å². The number of nitrogens with zero attached hydrogens (tertiary/aromatic N) is 4. The number of nitrogens with one attached hydrogen (secondary N) is 1. The Morgan fingerprint density at radius 3 is 2.65 bits per heavy atom. The maximum atomic E-state index is 14.7. The van der Waals surface area contributed by atoms with Crippen molar-refractivity contribution in [1.29, 1.82) is 0 Å². The first-order valence-corrected chi connectivity index (χ1v) is 11.8. The van der Waals surface area contributed by atoms with Gasteiger partial charge in [0, 0.05) is 37.2 Å². The molecule has 1 aromatic carbocycles. The molecule has 0 unspecified atom stereocenters. The Hall–Kier alpha value is -3.27. The number of hydrogen-bond acceptors (Lipinski definition) is 7. The summed E-state index contributed by atoms with van der Waals surface area (Å²) < 4.78 is 14.7. The molecule has 0 atom stereocenters. The van der Waals surface area contributed by atoms with Gasteiger partial charge in [0.25, 0.3) is 11.1 Å². The standard InChI is InChI=1S/C24H26FN5O3S/c1-24(2,3)22(32)30-8-4-7-29(9-10-30)20-14-26-13-18(27-20)16-11-15(5-6-17(16)25)12-19-21(31)28-23(33)34-19/h5-6,11-14H,4,7-10H2,1-3H3,(H,28,31,33)/b19-12+. The van der Waals surface area contributed by atoms with Crippen molar-refractivity contribution >= 4 is 40.7 Å². The summed E-state index contributed by atoms with van der Waals surface area (Å²) in [5, 5.41) is 1.77. The minimum atomic E-state index is -0.470. The largest absolute Gasteiger partial charge is 0.353 e. The molecule has 34 heavy (non-hydrogen) atoms. The van der Waals surface area contributed by atoms with E-state index in [1.165, 1.54) is 18.3 Å². The summed E-state index contributed by atoms with van der Waals surface area (Å²) in [6.07, 6.45) is 5.47. The number of imide groups is 1. The van der Waals surface area contributed by atoms with Crippen LogP contribution in [0.5, 0.6) is 0 Å². The van der Waals surface area contributed by atoms with Crippen LogP contribution in [0.15, 0.2) is 35.5 Å². The summed E-state index contributed by atoms with van der Waals surface area (Å²) in [4.78, 5) is 49.0. The highest BCUT2D eigenvalue weighted by Crippen LogP contribution is 2.29. The van der Waals surface area contributed by atoms with E-state index in [1.54, 1.807) is 18.3 Å². The molecule has 1 N–H and O–H groups in total. The van der Waals surface area contributed by atoms with E-state index in [0.717, 1.165) is 18.2 Å². The Morgan fingerprint density at radius 1 is 1.15 bits per heavy atom. The molecule has 0 saturated carbocycles. The van der Waals surface area contributed by atoms with Crippen molar-refractivity contribution in [2.75, 3.05) is 31.1 Å². The number of carbonyl (C=O) groups is 3. The molecule has 0 bridgehead atoms. The lowest BCUT2D eigenvalue weighted by atomic mass is 9.94. The first-order chi connectivity index (χ1) is 16.1. The normalized spacial score (nSPS) is 18.3. The SMILES string of the molecule is CC(C)(C)C(=O)N1CCCN(c2cncc(-c3cc(/C=C4/SC(=O)NC4=O)ccc3F)n2)CC1. The summed E-state index contributed by atoms with van der Waals surface area (Å²) in [5.41, 5.74) is 0.749. The zero-order valence-electron chi connectivity index (χ0n) is 19.3. The van der Waals surface area contributed by atoms with E-state index in [9.17, 15) is 18.8 Å². The van der Waals surface area contributed by atoms with Crippen molar-refractivity contribution < 1.29 is 18.8 Å². The van der Waals surface area contributed by atoms with E-state index in [-0.39, 0.29) is 16.4 Å². The van der Waals surface area contributed by atoms with Gasteiger partial charge in [0.15, 0.2) is 0 Å². The minimum absolute atomic E-state index is 0.123. The van der Waals surface area contributed by atoms with Crippen molar-refractivity contribution in [2.45, 2.75) is 27.2 Å². The summed E-state index contributed by atoms with van der Waals surface area (Å²) in [7, 11) is 0. The molecule has 1 aromatic heterocycles. The van der Waals surface area contributed by atoms with Gasteiger partial charge >= 0.3 is 0 Å². The Labute approximate surface area is 201 Å². The molecule has 2 fully saturated rings. The zero-order chi connectivity index (χ0) is 24.5. The van der Waals surface area contributed by atoms with Gasteiger partial charge in [-0.1, -0.05) is 26.8 Å². The van der Waals surface area contributed by atoms with Crippen molar-refractivity contribution in [3.8, 4) is 11.3 Å². The molecule has 3 heterocycles. The fourth-order valence-corrected chi connectivity index (χ4v) is 4.55. The molecule has 3 amide bonds. The van der Waals surface area contributed by atoms with Gasteiger partial charge in [0.2, 0.25) is 5.91 Å². The van der Waals surface area contributed by atoms with Crippen LogP contribution < -0.4 is 10.2 Å². The Morgan fingerprint density at radius 2 is 1.94 bits per heavy atom. The number of carbonyl (C=O) groups excluding carboxylic acids is 3. The second-order valence-electron chi connectivity index (χ2n) is 9.24. The number of rotatable bonds is 3. The number of benzene rings is 1. The number of halogens is 1. The first kappa shape index (κ1) is 23.9. The number of hydrogen-bond donors (Lipinski definition) is 1. The van der Waals surface area contributed by atoms with Crippen LogP contribution in [0.4, 0.5) is 15.0 Å². The highest BCUT2D eigenvalue weighted by Gasteiger charge is 2.29. The van der Waals surface area contributed by atoms with Gasteiger partial charge in [-0.2, -0.15) is 0 Å². The highest BCUT2D eigenvalue weighted by atomic mass is 32.2. The third-order valence-corrected chi connectivity index (χ3v) is 6.39. The van der Waals surface area contributed by atoms with Crippen molar-refractivity contribution in [3.05, 3.63) is 46.9 Å². The van der Waals surface area contributed by atoms with E-state index < -0.39 is 22.4 Å². The first-order valence-electron chi connectivity index (χ1n) is 11.0. The number of aromatic nitrogens is 2. The average Bonchev–Trinajstić information content (AvgIpc) is 2.97. The second-order valence-corrected chi connectivity index (χ2v) is 10.3. The fourth-order valence-electron chi connectivity index (χ4n) is 3.86. The molecule has 8 nitrogen and oxygen atoms in total. The van der Waals surface area contributed by atoms with Gasteiger partial charge in [-0.25, -0.2) is 9.37 Å². The lowest BCUT2D eigenvalue weighted by molar-refractivity contribution is -0.139. The summed E-state index contributed by atoms with van der Waals surface area (Å²) in [5.74, 6) is -0.200. The molecule has 0 radical (unpaired) electrons. The Bertz CT molecular complexity index is 1180. The maximum absolute atomic E-state index is 14.7. The van der Waals surface area contributed by atoms with E-state index in [4.69, 9.17) is 0 Å². The number of anilines is 1. The highest BCUT2D eigenvalue weighted by molar-refractivity contribution is 8.18. The lowest BCUT2D eigenvalue weighted by Gasteiger charge is -2.28. The molecule has 0 aliphatic carbocycles. The fraction of sp³-hybridized carbons (Fsp3) is 0.375. The predicted molar refractivity (Wildman–Crippen MR) is 129 cm³/mol. The summed E-state index contributed by atoms with van der Waals surface area (Å²) in [6.45, 7) is 8.33. The van der Waals surface area contributed by atoms with Gasteiger partial charge in [0.1, 0.15) is 11.6 Å². The van der Waals surface area contributed by atoms with Gasteiger partial charge in [-0.15, -0.1) is 0 Å². The molecule has 2 aliphatic rings. The third-order valence-electron chi connectivity index (χ3n) is 5.58. The van der Waals surface area contributed by atoms with Crippen molar-refractivity contribution in [1.82, 2.24) is 20.2 Å². The Kier molecular flexibility index (Phi) is 6.70. The average molecular weight is 484 g/mol. The van der Waals surface area contributed by atoms with E-state index in [1.807, 2.05) is 25.7 Å². The molecule has 4 rings (SSSR count). The number of thioether (sulfide) groups is 1. The van der Waals surface area contributed by atoms with Gasteiger partial charge < -0.3 is 9.80 Å². The van der Waals surface area contributed by atoms with E-state index >= 15 is 0 Å². The van der Waals surface area contributed by atoms with Crippen LogP contribution in [0, 0.1) is 11.2 Å². The van der Waals surface area contributed by atoms with Crippen molar-refractivity contribution in [2.24, 2.45) is 5.41 Å². The molecule has 0 spiro atoms. The Balaban J connectivity index is 1.56. The molecule has 178 valence electrons. The van der Waals surface area contributed by atoms with Crippen LogP contribution >= 0.6 is 11.8 Å². The molecular formula is C24H26FN5O3S. The topological polar surface area (TPSA) is 95.5 Å².